The minimum absolute atomic E-state index is 0.0930. The molecule has 0 aromatic heterocycles. The first-order chi connectivity index (χ1) is 19.5. The Bertz CT molecular complexity index is 1370. The van der Waals surface area contributed by atoms with Gasteiger partial charge in [0.2, 0.25) is 11.8 Å². The van der Waals surface area contributed by atoms with Crippen LogP contribution >= 0.6 is 0 Å². The number of nitrogens with one attached hydrogen (secondary N) is 1. The molecule has 1 aliphatic carbocycles. The van der Waals surface area contributed by atoms with Crippen LogP contribution in [0.25, 0.3) is 0 Å². The quantitative estimate of drug-likeness (QED) is 0.364. The van der Waals surface area contributed by atoms with Crippen molar-refractivity contribution in [3.63, 3.8) is 0 Å². The number of fused-ring (bicyclic) bond motifs is 3. The standard InChI is InChI=1S/C32H34N2O6/c1-39-23-11-7-10-22(18-23)14-16-34(28(36)19-21-8-3-2-4-9-21)26-20-25(32(38)33-15-17-35)29-24-12-5-6-13-27(24)40-31(29)30(26)37/h2-13,18,20,26,29-31,35,37H,14-17,19H2,1H3,(H,33,38)/t26-,29+,30+,31+/m1/s1. The third-order valence-electron chi connectivity index (χ3n) is 7.53. The number of para-hydroxylation sites is 1. The summed E-state index contributed by atoms with van der Waals surface area (Å²) in [5, 5.41) is 23.8. The number of carbonyl (C=O) groups excluding carboxylic acids is 2. The van der Waals surface area contributed by atoms with Gasteiger partial charge in [-0.2, -0.15) is 0 Å². The van der Waals surface area contributed by atoms with E-state index in [-0.39, 0.29) is 31.4 Å². The van der Waals surface area contributed by atoms with Crippen molar-refractivity contribution in [1.29, 1.82) is 0 Å². The molecule has 8 heteroatoms. The second kappa shape index (κ2) is 12.4. The predicted molar refractivity (Wildman–Crippen MR) is 150 cm³/mol. The van der Waals surface area contributed by atoms with Crippen molar-refractivity contribution in [2.24, 2.45) is 0 Å². The summed E-state index contributed by atoms with van der Waals surface area (Å²) >= 11 is 0. The Morgan fingerprint density at radius 2 is 1.75 bits per heavy atom. The second-order valence-corrected chi connectivity index (χ2v) is 10.0. The number of hydrogen-bond acceptors (Lipinski definition) is 6. The molecule has 0 bridgehead atoms. The van der Waals surface area contributed by atoms with Gasteiger partial charge in [-0.1, -0.05) is 60.7 Å². The smallest absolute Gasteiger partial charge is 0.247 e. The van der Waals surface area contributed by atoms with E-state index in [0.717, 1.165) is 22.4 Å². The second-order valence-electron chi connectivity index (χ2n) is 10.0. The number of methoxy groups -OCH3 is 1. The van der Waals surface area contributed by atoms with Crippen LogP contribution in [0.15, 0.2) is 90.5 Å². The molecule has 0 fully saturated rings. The Morgan fingerprint density at radius 1 is 1.00 bits per heavy atom. The molecule has 0 saturated carbocycles. The van der Waals surface area contributed by atoms with Gasteiger partial charge in [-0.25, -0.2) is 0 Å². The summed E-state index contributed by atoms with van der Waals surface area (Å²) in [5.74, 6) is 0.310. The van der Waals surface area contributed by atoms with Gasteiger partial charge in [0.05, 0.1) is 32.1 Å². The maximum absolute atomic E-state index is 13.8. The van der Waals surface area contributed by atoms with Gasteiger partial charge in [-0.3, -0.25) is 9.59 Å². The highest BCUT2D eigenvalue weighted by Crippen LogP contribution is 2.47. The van der Waals surface area contributed by atoms with Crippen LogP contribution in [0.1, 0.15) is 22.6 Å². The first-order valence-electron chi connectivity index (χ1n) is 13.5. The molecule has 1 aliphatic heterocycles. The summed E-state index contributed by atoms with van der Waals surface area (Å²) in [6.07, 6.45) is 0.564. The van der Waals surface area contributed by atoms with Crippen molar-refractivity contribution in [1.82, 2.24) is 10.2 Å². The summed E-state index contributed by atoms with van der Waals surface area (Å²) < 4.78 is 11.6. The highest BCUT2D eigenvalue weighted by atomic mass is 16.5. The number of carbonyl (C=O) groups is 2. The first kappa shape index (κ1) is 27.4. The molecule has 8 nitrogen and oxygen atoms in total. The fourth-order valence-corrected chi connectivity index (χ4v) is 5.58. The monoisotopic (exact) mass is 542 g/mol. The lowest BCUT2D eigenvalue weighted by Gasteiger charge is -2.41. The maximum Gasteiger partial charge on any atom is 0.247 e. The molecular weight excluding hydrogens is 508 g/mol. The molecule has 208 valence electrons. The summed E-state index contributed by atoms with van der Waals surface area (Å²) in [5.41, 5.74) is 3.07. The molecule has 3 aromatic rings. The Balaban J connectivity index is 1.51. The highest BCUT2D eigenvalue weighted by molar-refractivity contribution is 5.96. The van der Waals surface area contributed by atoms with E-state index in [2.05, 4.69) is 5.32 Å². The van der Waals surface area contributed by atoms with Crippen LogP contribution in [-0.4, -0.2) is 72.0 Å². The molecule has 40 heavy (non-hydrogen) atoms. The van der Waals surface area contributed by atoms with Crippen molar-refractivity contribution in [3.8, 4) is 11.5 Å². The van der Waals surface area contributed by atoms with E-state index in [9.17, 15) is 19.8 Å². The molecule has 0 radical (unpaired) electrons. The third kappa shape index (κ3) is 5.73. The zero-order valence-corrected chi connectivity index (χ0v) is 22.4. The van der Waals surface area contributed by atoms with E-state index in [0.29, 0.717) is 24.3 Å². The lowest BCUT2D eigenvalue weighted by molar-refractivity contribution is -0.136. The topological polar surface area (TPSA) is 108 Å². The number of amides is 2. The Kier molecular flexibility index (Phi) is 8.48. The fraction of sp³-hybridized carbons (Fsp3) is 0.312. The number of aliphatic hydroxyl groups excluding tert-OH is 2. The minimum Gasteiger partial charge on any atom is -0.497 e. The van der Waals surface area contributed by atoms with Gasteiger partial charge in [0.15, 0.2) is 0 Å². The molecular formula is C32H34N2O6. The molecule has 2 aliphatic rings. The Labute approximate surface area is 233 Å². The van der Waals surface area contributed by atoms with Gasteiger partial charge in [-0.15, -0.1) is 0 Å². The molecule has 3 N–H and O–H groups in total. The van der Waals surface area contributed by atoms with Gasteiger partial charge < -0.3 is 29.9 Å². The average molecular weight is 543 g/mol. The number of aliphatic hydroxyl groups is 2. The van der Waals surface area contributed by atoms with Crippen LogP contribution < -0.4 is 14.8 Å². The predicted octanol–water partition coefficient (Wildman–Crippen LogP) is 2.63. The Morgan fingerprint density at radius 3 is 2.52 bits per heavy atom. The normalized spacial score (nSPS) is 20.9. The van der Waals surface area contributed by atoms with Crippen LogP contribution in [-0.2, 0) is 22.4 Å². The summed E-state index contributed by atoms with van der Waals surface area (Å²) in [6.45, 7) is 0.206. The van der Waals surface area contributed by atoms with Crippen LogP contribution in [0.4, 0.5) is 0 Å². The minimum atomic E-state index is -1.07. The largest absolute Gasteiger partial charge is 0.497 e. The molecule has 4 atom stereocenters. The maximum atomic E-state index is 13.8. The molecule has 0 saturated heterocycles. The van der Waals surface area contributed by atoms with Crippen LogP contribution in [0.3, 0.4) is 0 Å². The van der Waals surface area contributed by atoms with Crippen molar-refractivity contribution >= 4 is 11.8 Å². The highest BCUT2D eigenvalue weighted by Gasteiger charge is 2.50. The summed E-state index contributed by atoms with van der Waals surface area (Å²) in [4.78, 5) is 28.8. The van der Waals surface area contributed by atoms with Gasteiger partial charge in [0.1, 0.15) is 23.7 Å². The van der Waals surface area contributed by atoms with E-state index in [1.54, 1.807) is 18.1 Å². The van der Waals surface area contributed by atoms with Gasteiger partial charge in [0.25, 0.3) is 0 Å². The van der Waals surface area contributed by atoms with E-state index < -0.39 is 24.2 Å². The van der Waals surface area contributed by atoms with Crippen molar-refractivity contribution in [3.05, 3.63) is 107 Å². The first-order valence-corrected chi connectivity index (χ1v) is 13.5. The molecule has 2 amide bonds. The van der Waals surface area contributed by atoms with E-state index in [1.165, 1.54) is 0 Å². The molecule has 0 spiro atoms. The van der Waals surface area contributed by atoms with Crippen LogP contribution in [0.2, 0.25) is 0 Å². The number of ether oxygens (including phenoxy) is 2. The summed E-state index contributed by atoms with van der Waals surface area (Å²) in [7, 11) is 1.61. The number of rotatable bonds is 10. The van der Waals surface area contributed by atoms with E-state index >= 15 is 0 Å². The zero-order valence-electron chi connectivity index (χ0n) is 22.4. The average Bonchev–Trinajstić information content (AvgIpc) is 3.38. The van der Waals surface area contributed by atoms with Gasteiger partial charge in [0, 0.05) is 24.2 Å². The lowest BCUT2D eigenvalue weighted by Crippen LogP contribution is -2.56. The van der Waals surface area contributed by atoms with Crippen molar-refractivity contribution in [2.75, 3.05) is 26.8 Å². The summed E-state index contributed by atoms with van der Waals surface area (Å²) in [6, 6.07) is 23.7. The number of benzene rings is 3. The third-order valence-corrected chi connectivity index (χ3v) is 7.53. The van der Waals surface area contributed by atoms with E-state index in [4.69, 9.17) is 9.47 Å². The molecule has 0 unspecified atom stereocenters. The van der Waals surface area contributed by atoms with Crippen LogP contribution in [0.5, 0.6) is 11.5 Å². The zero-order chi connectivity index (χ0) is 28.1. The van der Waals surface area contributed by atoms with Gasteiger partial charge >= 0.3 is 0 Å². The fourth-order valence-electron chi connectivity index (χ4n) is 5.58. The SMILES string of the molecule is COc1cccc(CCN(C(=O)Cc2ccccc2)[C@@H]2C=C(C(=O)NCCO)[C@@H]3c4ccccc4O[C@@H]3[C@H]2O)c1. The molecule has 1 heterocycles. The molecule has 5 rings (SSSR count). The number of hydrogen-bond donors (Lipinski definition) is 3. The lowest BCUT2D eigenvalue weighted by atomic mass is 9.77. The molecule has 3 aromatic carbocycles. The van der Waals surface area contributed by atoms with Crippen LogP contribution in [0, 0.1) is 0 Å². The number of nitrogens with zero attached hydrogens (tertiary/aromatic N) is 1. The van der Waals surface area contributed by atoms with Crippen molar-refractivity contribution in [2.45, 2.75) is 37.0 Å². The Hall–Kier alpha value is -4.14. The van der Waals surface area contributed by atoms with Crippen molar-refractivity contribution < 1.29 is 29.3 Å². The van der Waals surface area contributed by atoms with Gasteiger partial charge in [-0.05, 0) is 41.8 Å². The van der Waals surface area contributed by atoms with E-state index in [1.807, 2.05) is 78.9 Å².